The number of piperidine rings is 1. The van der Waals surface area contributed by atoms with E-state index < -0.39 is 0 Å². The molecule has 1 fully saturated rings. The second kappa shape index (κ2) is 5.75. The van der Waals surface area contributed by atoms with Crippen LogP contribution in [0, 0.1) is 5.41 Å². The number of hydrogen-bond donors (Lipinski definition) is 3. The van der Waals surface area contributed by atoms with Crippen molar-refractivity contribution in [2.75, 3.05) is 26.2 Å². The van der Waals surface area contributed by atoms with Gasteiger partial charge in [-0.3, -0.25) is 0 Å². The summed E-state index contributed by atoms with van der Waals surface area (Å²) in [6.45, 7) is 9.13. The second-order valence-electron chi connectivity index (χ2n) is 4.41. The van der Waals surface area contributed by atoms with Gasteiger partial charge in [-0.1, -0.05) is 13.0 Å². The first kappa shape index (κ1) is 12.0. The summed E-state index contributed by atoms with van der Waals surface area (Å²) in [5.74, 6) is 0. The average molecular weight is 211 g/mol. The molecule has 0 unspecified atom stereocenters. The van der Waals surface area contributed by atoms with Crippen molar-refractivity contribution < 1.29 is 4.79 Å². The van der Waals surface area contributed by atoms with Crippen LogP contribution in [0.5, 0.6) is 0 Å². The van der Waals surface area contributed by atoms with Crippen molar-refractivity contribution in [3.8, 4) is 0 Å². The lowest BCUT2D eigenvalue weighted by Gasteiger charge is -2.34. The molecule has 1 saturated heterocycles. The SMILES string of the molecule is C=CCNC(=O)NCC1(C)CCNCC1. The van der Waals surface area contributed by atoms with E-state index in [1.807, 2.05) is 0 Å². The predicted molar refractivity (Wildman–Crippen MR) is 61.8 cm³/mol. The maximum Gasteiger partial charge on any atom is 0.315 e. The number of urea groups is 1. The molecule has 1 aliphatic rings. The molecule has 0 aromatic rings. The van der Waals surface area contributed by atoms with Gasteiger partial charge in [-0.15, -0.1) is 6.58 Å². The van der Waals surface area contributed by atoms with Gasteiger partial charge in [0.15, 0.2) is 0 Å². The molecule has 86 valence electrons. The minimum atomic E-state index is -0.102. The minimum Gasteiger partial charge on any atom is -0.338 e. The van der Waals surface area contributed by atoms with Gasteiger partial charge in [0.2, 0.25) is 0 Å². The zero-order valence-corrected chi connectivity index (χ0v) is 9.44. The van der Waals surface area contributed by atoms with E-state index in [-0.39, 0.29) is 11.4 Å². The van der Waals surface area contributed by atoms with E-state index in [0.29, 0.717) is 6.54 Å². The summed E-state index contributed by atoms with van der Waals surface area (Å²) >= 11 is 0. The molecule has 0 spiro atoms. The van der Waals surface area contributed by atoms with E-state index in [9.17, 15) is 4.79 Å². The van der Waals surface area contributed by atoms with Crippen LogP contribution in [0.1, 0.15) is 19.8 Å². The number of carbonyl (C=O) groups excluding carboxylic acids is 1. The molecule has 1 rings (SSSR count). The predicted octanol–water partition coefficient (Wildman–Crippen LogP) is 0.861. The summed E-state index contributed by atoms with van der Waals surface area (Å²) in [4.78, 5) is 11.3. The highest BCUT2D eigenvalue weighted by molar-refractivity contribution is 5.73. The fourth-order valence-corrected chi connectivity index (χ4v) is 1.73. The smallest absolute Gasteiger partial charge is 0.315 e. The van der Waals surface area contributed by atoms with Crippen LogP contribution in [-0.4, -0.2) is 32.2 Å². The van der Waals surface area contributed by atoms with Gasteiger partial charge in [0.1, 0.15) is 0 Å². The van der Waals surface area contributed by atoms with E-state index >= 15 is 0 Å². The molecule has 0 atom stereocenters. The minimum absolute atomic E-state index is 0.102. The van der Waals surface area contributed by atoms with Crippen molar-refractivity contribution in [2.45, 2.75) is 19.8 Å². The van der Waals surface area contributed by atoms with Crippen molar-refractivity contribution in [3.05, 3.63) is 12.7 Å². The highest BCUT2D eigenvalue weighted by Crippen LogP contribution is 2.26. The lowest BCUT2D eigenvalue weighted by atomic mass is 9.81. The molecule has 0 aromatic heterocycles. The first-order chi connectivity index (χ1) is 7.16. The van der Waals surface area contributed by atoms with Gasteiger partial charge in [0.05, 0.1) is 0 Å². The monoisotopic (exact) mass is 211 g/mol. The number of amides is 2. The van der Waals surface area contributed by atoms with Crippen LogP contribution in [0.4, 0.5) is 4.79 Å². The zero-order valence-electron chi connectivity index (χ0n) is 9.44. The molecule has 0 saturated carbocycles. The van der Waals surface area contributed by atoms with Crippen LogP contribution in [0.3, 0.4) is 0 Å². The number of hydrogen-bond acceptors (Lipinski definition) is 2. The Balaban J connectivity index is 2.22. The Morgan fingerprint density at radius 2 is 2.13 bits per heavy atom. The molecule has 0 radical (unpaired) electrons. The van der Waals surface area contributed by atoms with Gasteiger partial charge in [-0.05, 0) is 31.3 Å². The van der Waals surface area contributed by atoms with Gasteiger partial charge in [0, 0.05) is 13.1 Å². The van der Waals surface area contributed by atoms with Crippen molar-refractivity contribution in [2.24, 2.45) is 5.41 Å². The Labute approximate surface area is 91.5 Å². The fraction of sp³-hybridized carbons (Fsp3) is 0.727. The largest absolute Gasteiger partial charge is 0.338 e. The van der Waals surface area contributed by atoms with E-state index in [1.165, 1.54) is 0 Å². The molecular weight excluding hydrogens is 190 g/mol. The molecule has 0 aromatic carbocycles. The van der Waals surface area contributed by atoms with Crippen molar-refractivity contribution in [1.82, 2.24) is 16.0 Å². The van der Waals surface area contributed by atoms with Crippen LogP contribution in [0.2, 0.25) is 0 Å². The third-order valence-electron chi connectivity index (χ3n) is 2.89. The standard InChI is InChI=1S/C11H21N3O/c1-3-6-13-10(15)14-9-11(2)4-7-12-8-5-11/h3,12H,1,4-9H2,2H3,(H2,13,14,15). The highest BCUT2D eigenvalue weighted by Gasteiger charge is 2.26. The van der Waals surface area contributed by atoms with Crippen LogP contribution in [0.15, 0.2) is 12.7 Å². The molecule has 3 N–H and O–H groups in total. The third kappa shape index (κ3) is 4.34. The summed E-state index contributed by atoms with van der Waals surface area (Å²) in [5, 5.41) is 8.93. The molecule has 0 aliphatic carbocycles. The Morgan fingerprint density at radius 1 is 1.47 bits per heavy atom. The summed E-state index contributed by atoms with van der Waals surface area (Å²) < 4.78 is 0. The quantitative estimate of drug-likeness (QED) is 0.604. The second-order valence-corrected chi connectivity index (χ2v) is 4.41. The Bertz CT molecular complexity index is 222. The average Bonchev–Trinajstić information content (AvgIpc) is 2.25. The Hall–Kier alpha value is -1.03. The maximum atomic E-state index is 11.3. The Kier molecular flexibility index (Phi) is 4.62. The molecule has 4 heteroatoms. The van der Waals surface area contributed by atoms with E-state index in [1.54, 1.807) is 6.08 Å². The number of nitrogens with one attached hydrogen (secondary N) is 3. The number of rotatable bonds is 4. The van der Waals surface area contributed by atoms with E-state index in [0.717, 1.165) is 32.5 Å². The molecule has 15 heavy (non-hydrogen) atoms. The lowest BCUT2D eigenvalue weighted by Crippen LogP contribution is -2.45. The van der Waals surface area contributed by atoms with Crippen LogP contribution >= 0.6 is 0 Å². The Morgan fingerprint density at radius 3 is 2.73 bits per heavy atom. The number of carbonyl (C=O) groups is 1. The summed E-state index contributed by atoms with van der Waals surface area (Å²) in [7, 11) is 0. The van der Waals surface area contributed by atoms with Crippen molar-refractivity contribution in [1.29, 1.82) is 0 Å². The van der Waals surface area contributed by atoms with Gasteiger partial charge in [0.25, 0.3) is 0 Å². The normalized spacial score (nSPS) is 19.3. The molecular formula is C11H21N3O. The van der Waals surface area contributed by atoms with Crippen molar-refractivity contribution in [3.63, 3.8) is 0 Å². The van der Waals surface area contributed by atoms with Gasteiger partial charge < -0.3 is 16.0 Å². The van der Waals surface area contributed by atoms with E-state index in [2.05, 4.69) is 29.5 Å². The first-order valence-corrected chi connectivity index (χ1v) is 5.50. The van der Waals surface area contributed by atoms with Crippen molar-refractivity contribution >= 4 is 6.03 Å². The van der Waals surface area contributed by atoms with E-state index in [4.69, 9.17) is 0 Å². The van der Waals surface area contributed by atoms with Gasteiger partial charge in [-0.2, -0.15) is 0 Å². The molecule has 4 nitrogen and oxygen atoms in total. The lowest BCUT2D eigenvalue weighted by molar-refractivity contribution is 0.208. The summed E-state index contributed by atoms with van der Waals surface area (Å²) in [5.41, 5.74) is 0.247. The topological polar surface area (TPSA) is 53.2 Å². The van der Waals surface area contributed by atoms with Gasteiger partial charge >= 0.3 is 6.03 Å². The molecule has 1 aliphatic heterocycles. The molecule has 0 bridgehead atoms. The molecule has 1 heterocycles. The maximum absolute atomic E-state index is 11.3. The van der Waals surface area contributed by atoms with Crippen LogP contribution in [0.25, 0.3) is 0 Å². The zero-order chi connectivity index (χ0) is 11.1. The third-order valence-corrected chi connectivity index (χ3v) is 2.89. The fourth-order valence-electron chi connectivity index (χ4n) is 1.73. The highest BCUT2D eigenvalue weighted by atomic mass is 16.2. The summed E-state index contributed by atoms with van der Waals surface area (Å²) in [6.07, 6.45) is 3.91. The summed E-state index contributed by atoms with van der Waals surface area (Å²) in [6, 6.07) is -0.102. The first-order valence-electron chi connectivity index (χ1n) is 5.50. The van der Waals surface area contributed by atoms with Gasteiger partial charge in [-0.25, -0.2) is 4.79 Å². The van der Waals surface area contributed by atoms with Crippen LogP contribution < -0.4 is 16.0 Å². The molecule has 2 amide bonds. The van der Waals surface area contributed by atoms with Crippen LogP contribution in [-0.2, 0) is 0 Å².